The van der Waals surface area contributed by atoms with Crippen molar-refractivity contribution >= 4 is 0 Å². The van der Waals surface area contributed by atoms with Gasteiger partial charge in [-0.25, -0.2) is 0 Å². The van der Waals surface area contributed by atoms with Crippen LogP contribution in [0.2, 0.25) is 0 Å². The molecule has 0 bridgehead atoms. The summed E-state index contributed by atoms with van der Waals surface area (Å²) in [6, 6.07) is 0. The molecule has 0 aromatic carbocycles. The molecule has 5 nitrogen and oxygen atoms in total. The smallest absolute Gasteiger partial charge is 0.231 e. The molecule has 0 spiro atoms. The van der Waals surface area contributed by atoms with Gasteiger partial charge in [0, 0.05) is 13.2 Å². The summed E-state index contributed by atoms with van der Waals surface area (Å²) in [6.07, 6.45) is 0.896. The second-order valence-corrected chi connectivity index (χ2v) is 4.24. The van der Waals surface area contributed by atoms with Gasteiger partial charge in [0.1, 0.15) is 5.60 Å². The summed E-state index contributed by atoms with van der Waals surface area (Å²) in [5.41, 5.74) is 5.12. The predicted octanol–water partition coefficient (Wildman–Crippen LogP) is 1.79. The van der Waals surface area contributed by atoms with Crippen molar-refractivity contribution in [3.8, 4) is 0 Å². The number of nitrogens with zero attached hydrogens (tertiary/aromatic N) is 2. The van der Waals surface area contributed by atoms with Crippen molar-refractivity contribution in [3.05, 3.63) is 11.7 Å². The van der Waals surface area contributed by atoms with Gasteiger partial charge in [-0.15, -0.1) is 0 Å². The number of aromatic nitrogens is 2. The Morgan fingerprint density at radius 2 is 2.12 bits per heavy atom. The van der Waals surface area contributed by atoms with Crippen LogP contribution in [-0.2, 0) is 10.3 Å². The second kappa shape index (κ2) is 5.41. The molecule has 0 aliphatic heterocycles. The van der Waals surface area contributed by atoms with Crippen LogP contribution in [0.1, 0.15) is 51.7 Å². The number of hydrogen-bond donors (Lipinski definition) is 1. The zero-order chi connectivity index (χ0) is 12.2. The molecule has 1 aromatic heterocycles. The van der Waals surface area contributed by atoms with E-state index in [1.165, 1.54) is 0 Å². The zero-order valence-corrected chi connectivity index (χ0v) is 10.5. The van der Waals surface area contributed by atoms with E-state index in [-0.39, 0.29) is 5.92 Å². The lowest BCUT2D eigenvalue weighted by Gasteiger charge is -2.19. The Morgan fingerprint density at radius 1 is 1.44 bits per heavy atom. The summed E-state index contributed by atoms with van der Waals surface area (Å²) in [5, 5.41) is 3.96. The lowest BCUT2D eigenvalue weighted by atomic mass is 10.1. The van der Waals surface area contributed by atoms with Crippen LogP contribution in [0.4, 0.5) is 0 Å². The minimum atomic E-state index is -0.511. The number of hydrogen-bond acceptors (Lipinski definition) is 5. The van der Waals surface area contributed by atoms with E-state index in [1.807, 2.05) is 20.8 Å². The Balaban J connectivity index is 2.85. The third kappa shape index (κ3) is 2.80. The summed E-state index contributed by atoms with van der Waals surface area (Å²) in [5.74, 6) is 1.32. The van der Waals surface area contributed by atoms with E-state index in [4.69, 9.17) is 15.0 Å². The lowest BCUT2D eigenvalue weighted by molar-refractivity contribution is -0.0221. The van der Waals surface area contributed by atoms with E-state index < -0.39 is 5.60 Å². The molecule has 0 saturated carbocycles. The van der Waals surface area contributed by atoms with Gasteiger partial charge in [-0.1, -0.05) is 12.1 Å². The first kappa shape index (κ1) is 13.1. The van der Waals surface area contributed by atoms with Crippen LogP contribution in [0.5, 0.6) is 0 Å². The van der Waals surface area contributed by atoms with Crippen LogP contribution in [0.25, 0.3) is 0 Å². The monoisotopic (exact) mass is 227 g/mol. The first-order valence-corrected chi connectivity index (χ1v) is 5.73. The first-order valence-electron chi connectivity index (χ1n) is 5.73. The number of nitrogens with two attached hydrogens (primary N) is 1. The maximum Gasteiger partial charge on any atom is 0.231 e. The van der Waals surface area contributed by atoms with Crippen LogP contribution in [0, 0.1) is 0 Å². The van der Waals surface area contributed by atoms with Gasteiger partial charge in [-0.2, -0.15) is 4.98 Å². The molecular formula is C11H21N3O2. The minimum Gasteiger partial charge on any atom is -0.368 e. The van der Waals surface area contributed by atoms with Crippen LogP contribution < -0.4 is 5.73 Å². The summed E-state index contributed by atoms with van der Waals surface area (Å²) < 4.78 is 10.8. The highest BCUT2D eigenvalue weighted by atomic mass is 16.5. The van der Waals surface area contributed by atoms with Gasteiger partial charge in [0.25, 0.3) is 0 Å². The van der Waals surface area contributed by atoms with E-state index in [9.17, 15) is 0 Å². The molecule has 1 atom stereocenters. The molecule has 0 radical (unpaired) electrons. The molecule has 1 rings (SSSR count). The van der Waals surface area contributed by atoms with Gasteiger partial charge in [0.15, 0.2) is 0 Å². The van der Waals surface area contributed by atoms with Crippen LogP contribution in [0.15, 0.2) is 4.52 Å². The average molecular weight is 227 g/mol. The van der Waals surface area contributed by atoms with E-state index in [0.717, 1.165) is 6.42 Å². The highest BCUT2D eigenvalue weighted by Gasteiger charge is 2.28. The molecule has 0 amide bonds. The predicted molar refractivity (Wildman–Crippen MR) is 61.0 cm³/mol. The molecule has 0 fully saturated rings. The van der Waals surface area contributed by atoms with Gasteiger partial charge in [-0.3, -0.25) is 0 Å². The maximum atomic E-state index is 5.63. The molecule has 1 aromatic rings. The standard InChI is InChI=1S/C11H21N3O2/c1-5-8(7-12)9-13-10(14-16-9)11(3,4)15-6-2/h8H,5-7,12H2,1-4H3. The SMILES string of the molecule is CCOC(C)(C)c1noc(C(CC)CN)n1. The lowest BCUT2D eigenvalue weighted by Crippen LogP contribution is -2.23. The fraction of sp³-hybridized carbons (Fsp3) is 0.818. The van der Waals surface area contributed by atoms with Crippen molar-refractivity contribution in [3.63, 3.8) is 0 Å². The van der Waals surface area contributed by atoms with Crippen molar-refractivity contribution < 1.29 is 9.26 Å². The van der Waals surface area contributed by atoms with Crippen LogP contribution in [-0.4, -0.2) is 23.3 Å². The molecular weight excluding hydrogens is 206 g/mol. The Morgan fingerprint density at radius 3 is 2.62 bits per heavy atom. The average Bonchev–Trinajstić information content (AvgIpc) is 2.69. The zero-order valence-electron chi connectivity index (χ0n) is 10.5. The molecule has 5 heteroatoms. The summed E-state index contributed by atoms with van der Waals surface area (Å²) in [6.45, 7) is 8.98. The Hall–Kier alpha value is -0.940. The molecule has 0 aliphatic carbocycles. The number of rotatable bonds is 6. The van der Waals surface area contributed by atoms with Gasteiger partial charge in [0.2, 0.25) is 11.7 Å². The van der Waals surface area contributed by atoms with Crippen LogP contribution in [0.3, 0.4) is 0 Å². The molecule has 92 valence electrons. The van der Waals surface area contributed by atoms with E-state index in [0.29, 0.717) is 24.9 Å². The van der Waals surface area contributed by atoms with Crippen molar-refractivity contribution in [2.24, 2.45) is 5.73 Å². The number of ether oxygens (including phenoxy) is 1. The molecule has 1 unspecified atom stereocenters. The summed E-state index contributed by atoms with van der Waals surface area (Å²) in [7, 11) is 0. The highest BCUT2D eigenvalue weighted by molar-refractivity contribution is 5.00. The summed E-state index contributed by atoms with van der Waals surface area (Å²) >= 11 is 0. The molecule has 1 heterocycles. The molecule has 0 saturated heterocycles. The Kier molecular flexibility index (Phi) is 4.44. The van der Waals surface area contributed by atoms with Gasteiger partial charge in [-0.05, 0) is 27.2 Å². The quantitative estimate of drug-likeness (QED) is 0.802. The van der Waals surface area contributed by atoms with Crippen molar-refractivity contribution in [2.45, 2.75) is 45.6 Å². The molecule has 2 N–H and O–H groups in total. The third-order valence-corrected chi connectivity index (χ3v) is 2.61. The molecule has 16 heavy (non-hydrogen) atoms. The Labute approximate surface area is 96.4 Å². The van der Waals surface area contributed by atoms with E-state index >= 15 is 0 Å². The molecule has 0 aliphatic rings. The van der Waals surface area contributed by atoms with Gasteiger partial charge >= 0.3 is 0 Å². The fourth-order valence-electron chi connectivity index (χ4n) is 1.51. The summed E-state index contributed by atoms with van der Waals surface area (Å²) in [4.78, 5) is 4.36. The van der Waals surface area contributed by atoms with Crippen molar-refractivity contribution in [2.75, 3.05) is 13.2 Å². The van der Waals surface area contributed by atoms with Crippen molar-refractivity contribution in [1.29, 1.82) is 0 Å². The maximum absolute atomic E-state index is 5.63. The highest BCUT2D eigenvalue weighted by Crippen LogP contribution is 2.24. The third-order valence-electron chi connectivity index (χ3n) is 2.61. The van der Waals surface area contributed by atoms with Gasteiger partial charge in [0.05, 0.1) is 5.92 Å². The van der Waals surface area contributed by atoms with E-state index in [2.05, 4.69) is 17.1 Å². The fourth-order valence-corrected chi connectivity index (χ4v) is 1.51. The topological polar surface area (TPSA) is 74.2 Å². The van der Waals surface area contributed by atoms with Crippen LogP contribution >= 0.6 is 0 Å². The van der Waals surface area contributed by atoms with Crippen molar-refractivity contribution in [1.82, 2.24) is 10.1 Å². The first-order chi connectivity index (χ1) is 7.55. The Bertz CT molecular complexity index is 319. The van der Waals surface area contributed by atoms with E-state index in [1.54, 1.807) is 0 Å². The van der Waals surface area contributed by atoms with Gasteiger partial charge < -0.3 is 15.0 Å². The minimum absolute atomic E-state index is 0.138. The largest absolute Gasteiger partial charge is 0.368 e. The second-order valence-electron chi connectivity index (χ2n) is 4.24. The normalized spacial score (nSPS) is 14.1.